The molecule has 0 saturated heterocycles. The van der Waals surface area contributed by atoms with Crippen LogP contribution in [0.3, 0.4) is 0 Å². The zero-order valence-corrected chi connectivity index (χ0v) is 15.7. The first kappa shape index (κ1) is 18.4. The number of aromatic nitrogens is 2. The molecule has 2 aromatic carbocycles. The van der Waals surface area contributed by atoms with Crippen LogP contribution in [0.2, 0.25) is 0 Å². The fraction of sp³-hybridized carbons (Fsp3) is 0.227. The van der Waals surface area contributed by atoms with E-state index < -0.39 is 0 Å². The number of hydrogen-bond donors (Lipinski definition) is 1. The number of nitriles is 1. The topological polar surface area (TPSA) is 64.8 Å². The highest BCUT2D eigenvalue weighted by Gasteiger charge is 2.11. The van der Waals surface area contributed by atoms with Gasteiger partial charge in [0.1, 0.15) is 11.9 Å². The molecular formula is C22H23N5. The number of nitrogens with zero attached hydrogens (tertiary/aromatic N) is 4. The fourth-order valence-electron chi connectivity index (χ4n) is 2.76. The second-order valence-corrected chi connectivity index (χ2v) is 6.36. The second-order valence-electron chi connectivity index (χ2n) is 6.36. The van der Waals surface area contributed by atoms with Gasteiger partial charge < -0.3 is 10.2 Å². The molecule has 0 fully saturated rings. The van der Waals surface area contributed by atoms with Crippen LogP contribution in [0.1, 0.15) is 25.3 Å². The summed E-state index contributed by atoms with van der Waals surface area (Å²) >= 11 is 0. The Balaban J connectivity index is 2.00. The van der Waals surface area contributed by atoms with Crippen LogP contribution >= 0.6 is 0 Å². The Hall–Kier alpha value is -3.39. The molecule has 0 unspecified atom stereocenters. The molecule has 0 bridgehead atoms. The molecule has 5 nitrogen and oxygen atoms in total. The van der Waals surface area contributed by atoms with Gasteiger partial charge in [0, 0.05) is 25.2 Å². The number of anilines is 3. The molecule has 0 aliphatic rings. The van der Waals surface area contributed by atoms with E-state index in [-0.39, 0.29) is 0 Å². The summed E-state index contributed by atoms with van der Waals surface area (Å²) in [7, 11) is 2.04. The summed E-state index contributed by atoms with van der Waals surface area (Å²) in [4.78, 5) is 11.5. The van der Waals surface area contributed by atoms with E-state index in [9.17, 15) is 5.26 Å². The Morgan fingerprint density at radius 3 is 2.52 bits per heavy atom. The smallest absolute Gasteiger partial charge is 0.229 e. The lowest BCUT2D eigenvalue weighted by Crippen LogP contribution is -2.20. The molecule has 3 aromatic rings. The van der Waals surface area contributed by atoms with Gasteiger partial charge in [-0.2, -0.15) is 10.2 Å². The maximum absolute atomic E-state index is 9.33. The van der Waals surface area contributed by atoms with E-state index in [4.69, 9.17) is 0 Å². The number of nitrogens with one attached hydrogen (secondary N) is 1. The van der Waals surface area contributed by atoms with Gasteiger partial charge in [-0.3, -0.25) is 0 Å². The first-order chi connectivity index (χ1) is 13.2. The van der Waals surface area contributed by atoms with Gasteiger partial charge in [0.05, 0.1) is 16.9 Å². The third-order valence-electron chi connectivity index (χ3n) is 4.31. The normalized spacial score (nSPS) is 10.3. The average Bonchev–Trinajstić information content (AvgIpc) is 2.72. The molecular weight excluding hydrogens is 334 g/mol. The van der Waals surface area contributed by atoms with Crippen LogP contribution < -0.4 is 10.2 Å². The lowest BCUT2D eigenvalue weighted by atomic mass is 10.1. The molecule has 0 amide bonds. The molecule has 0 radical (unpaired) electrons. The number of hydrogen-bond acceptors (Lipinski definition) is 5. The second kappa shape index (κ2) is 8.81. The quantitative estimate of drug-likeness (QED) is 0.645. The molecule has 1 heterocycles. The van der Waals surface area contributed by atoms with Crippen molar-refractivity contribution in [1.29, 1.82) is 5.26 Å². The summed E-state index contributed by atoms with van der Waals surface area (Å²) in [5.41, 5.74) is 3.14. The van der Waals surface area contributed by atoms with Crippen molar-refractivity contribution in [2.45, 2.75) is 19.8 Å². The minimum Gasteiger partial charge on any atom is -0.359 e. The fourth-order valence-corrected chi connectivity index (χ4v) is 2.76. The minimum absolute atomic E-state index is 0.484. The van der Waals surface area contributed by atoms with E-state index in [1.807, 2.05) is 61.6 Å². The summed E-state index contributed by atoms with van der Waals surface area (Å²) in [5.74, 6) is 1.34. The highest BCUT2D eigenvalue weighted by Crippen LogP contribution is 2.25. The highest BCUT2D eigenvalue weighted by atomic mass is 15.2. The predicted molar refractivity (Wildman–Crippen MR) is 110 cm³/mol. The molecule has 0 aliphatic heterocycles. The summed E-state index contributed by atoms with van der Waals surface area (Å²) in [6.07, 6.45) is 2.23. The van der Waals surface area contributed by atoms with Crippen molar-refractivity contribution in [3.05, 3.63) is 66.2 Å². The monoisotopic (exact) mass is 357 g/mol. The zero-order valence-electron chi connectivity index (χ0n) is 15.7. The van der Waals surface area contributed by atoms with Gasteiger partial charge in [-0.05, 0) is 18.6 Å². The van der Waals surface area contributed by atoms with Gasteiger partial charge in [0.25, 0.3) is 0 Å². The molecule has 0 spiro atoms. The van der Waals surface area contributed by atoms with Crippen LogP contribution in [0, 0.1) is 11.3 Å². The van der Waals surface area contributed by atoms with Crippen molar-refractivity contribution in [3.8, 4) is 17.3 Å². The lowest BCUT2D eigenvalue weighted by molar-refractivity contribution is 0.759. The summed E-state index contributed by atoms with van der Waals surface area (Å²) in [6, 6.07) is 21.6. The van der Waals surface area contributed by atoms with Crippen LogP contribution in [0.15, 0.2) is 60.7 Å². The van der Waals surface area contributed by atoms with Crippen molar-refractivity contribution in [3.63, 3.8) is 0 Å². The van der Waals surface area contributed by atoms with Crippen LogP contribution in [-0.2, 0) is 0 Å². The van der Waals surface area contributed by atoms with E-state index in [0.717, 1.165) is 36.5 Å². The summed E-state index contributed by atoms with van der Waals surface area (Å²) in [5, 5.41) is 12.5. The van der Waals surface area contributed by atoms with E-state index in [0.29, 0.717) is 17.2 Å². The van der Waals surface area contributed by atoms with Gasteiger partial charge in [-0.1, -0.05) is 55.8 Å². The van der Waals surface area contributed by atoms with Gasteiger partial charge in [0.15, 0.2) is 0 Å². The number of para-hydroxylation sites is 1. The summed E-state index contributed by atoms with van der Waals surface area (Å²) in [6.45, 7) is 3.10. The zero-order chi connectivity index (χ0) is 19.1. The molecule has 5 heteroatoms. The Kier molecular flexibility index (Phi) is 6.01. The van der Waals surface area contributed by atoms with Gasteiger partial charge >= 0.3 is 0 Å². The summed E-state index contributed by atoms with van der Waals surface area (Å²) < 4.78 is 0. The van der Waals surface area contributed by atoms with Gasteiger partial charge in [-0.25, -0.2) is 4.98 Å². The largest absolute Gasteiger partial charge is 0.359 e. The van der Waals surface area contributed by atoms with Crippen molar-refractivity contribution in [1.82, 2.24) is 9.97 Å². The van der Waals surface area contributed by atoms with Gasteiger partial charge in [0.2, 0.25) is 5.95 Å². The minimum atomic E-state index is 0.484. The van der Waals surface area contributed by atoms with Crippen molar-refractivity contribution < 1.29 is 0 Å². The van der Waals surface area contributed by atoms with Crippen molar-refractivity contribution in [2.24, 2.45) is 0 Å². The van der Waals surface area contributed by atoms with E-state index in [1.54, 1.807) is 6.07 Å². The Morgan fingerprint density at radius 2 is 1.78 bits per heavy atom. The van der Waals surface area contributed by atoms with Crippen LogP contribution in [-0.4, -0.2) is 23.6 Å². The standard InChI is InChI=1S/C22H23N5/c1-3-4-14-27(2)21-15-20(17-10-6-5-7-11-17)25-22(26-21)24-19-13-9-8-12-18(19)16-23/h5-13,15H,3-4,14H2,1-2H3,(H,24,25,26). The van der Waals surface area contributed by atoms with Crippen LogP contribution in [0.25, 0.3) is 11.3 Å². The molecule has 0 aliphatic carbocycles. The Morgan fingerprint density at radius 1 is 1.04 bits per heavy atom. The van der Waals surface area contributed by atoms with E-state index in [1.165, 1.54) is 0 Å². The van der Waals surface area contributed by atoms with Crippen LogP contribution in [0.5, 0.6) is 0 Å². The molecule has 1 N–H and O–H groups in total. The average molecular weight is 357 g/mol. The van der Waals surface area contributed by atoms with E-state index >= 15 is 0 Å². The van der Waals surface area contributed by atoms with Crippen molar-refractivity contribution in [2.75, 3.05) is 23.8 Å². The predicted octanol–water partition coefficient (Wildman–Crippen LogP) is 5.00. The lowest BCUT2D eigenvalue weighted by Gasteiger charge is -2.19. The Labute approximate surface area is 160 Å². The van der Waals surface area contributed by atoms with Crippen LogP contribution in [0.4, 0.5) is 17.5 Å². The molecule has 1 aromatic heterocycles. The van der Waals surface area contributed by atoms with Crippen molar-refractivity contribution >= 4 is 17.5 Å². The molecule has 0 saturated carbocycles. The maximum atomic E-state index is 9.33. The molecule has 3 rings (SSSR count). The SMILES string of the molecule is CCCCN(C)c1cc(-c2ccccc2)nc(Nc2ccccc2C#N)n1. The maximum Gasteiger partial charge on any atom is 0.229 e. The molecule has 0 atom stereocenters. The molecule has 136 valence electrons. The van der Waals surface area contributed by atoms with E-state index in [2.05, 4.69) is 33.2 Å². The highest BCUT2D eigenvalue weighted by molar-refractivity contribution is 5.68. The van der Waals surface area contributed by atoms with Gasteiger partial charge in [-0.15, -0.1) is 0 Å². The first-order valence-corrected chi connectivity index (χ1v) is 9.13. The molecule has 27 heavy (non-hydrogen) atoms. The first-order valence-electron chi connectivity index (χ1n) is 9.13. The Bertz CT molecular complexity index is 931. The number of rotatable bonds is 7. The number of unbranched alkanes of at least 4 members (excludes halogenated alkanes) is 1. The third kappa shape index (κ3) is 4.62. The number of benzene rings is 2. The third-order valence-corrected chi connectivity index (χ3v) is 4.31.